The van der Waals surface area contributed by atoms with Gasteiger partial charge in [0.15, 0.2) is 0 Å². The highest BCUT2D eigenvalue weighted by molar-refractivity contribution is 5.44. The summed E-state index contributed by atoms with van der Waals surface area (Å²) in [7, 11) is 0. The molecule has 0 aromatic heterocycles. The van der Waals surface area contributed by atoms with Crippen LogP contribution in [-0.4, -0.2) is 0 Å². The van der Waals surface area contributed by atoms with Crippen molar-refractivity contribution in [3.05, 3.63) is 69.8 Å². The van der Waals surface area contributed by atoms with Gasteiger partial charge in [-0.25, -0.2) is 0 Å². The molecule has 20 heavy (non-hydrogen) atoms. The molecular formula is C20H26. The highest BCUT2D eigenvalue weighted by Gasteiger charge is 2.27. The predicted octanol–water partition coefficient (Wildman–Crippen LogP) is 5.64. The predicted molar refractivity (Wildman–Crippen MR) is 88.6 cm³/mol. The Hall–Kier alpha value is -1.56. The molecule has 0 aliphatic carbocycles. The first-order valence-corrected chi connectivity index (χ1v) is 7.54. The first kappa shape index (κ1) is 14.8. The van der Waals surface area contributed by atoms with E-state index < -0.39 is 0 Å². The Morgan fingerprint density at radius 2 is 1.10 bits per heavy atom. The fraction of sp³-hybridized carbons (Fsp3) is 0.400. The molecule has 0 atom stereocenters. The lowest BCUT2D eigenvalue weighted by Gasteiger charge is -2.31. The van der Waals surface area contributed by atoms with Crippen LogP contribution in [0.1, 0.15) is 53.6 Å². The third-order valence-electron chi connectivity index (χ3n) is 5.00. The van der Waals surface area contributed by atoms with Crippen LogP contribution < -0.4 is 0 Å². The van der Waals surface area contributed by atoms with Crippen LogP contribution in [0.2, 0.25) is 0 Å². The quantitative estimate of drug-likeness (QED) is 0.674. The Labute approximate surface area is 123 Å². The fourth-order valence-corrected chi connectivity index (χ4v) is 2.74. The molecule has 2 aromatic rings. The molecule has 0 saturated heterocycles. The molecule has 0 saturated carbocycles. The Balaban J connectivity index is 2.57. The lowest BCUT2D eigenvalue weighted by atomic mass is 9.73. The van der Waals surface area contributed by atoms with Crippen LogP contribution in [0.3, 0.4) is 0 Å². The van der Waals surface area contributed by atoms with Gasteiger partial charge in [-0.2, -0.15) is 0 Å². The lowest BCUT2D eigenvalue weighted by molar-refractivity contribution is 0.549. The van der Waals surface area contributed by atoms with Crippen LogP contribution in [0.25, 0.3) is 0 Å². The Morgan fingerprint density at radius 3 is 1.40 bits per heavy atom. The van der Waals surface area contributed by atoms with E-state index in [0.717, 1.165) is 6.42 Å². The number of hydrogen-bond donors (Lipinski definition) is 0. The van der Waals surface area contributed by atoms with Crippen molar-refractivity contribution in [2.45, 2.75) is 53.4 Å². The molecule has 0 fully saturated rings. The molecule has 0 nitrogen and oxygen atoms in total. The summed E-state index contributed by atoms with van der Waals surface area (Å²) < 4.78 is 0. The molecule has 2 rings (SSSR count). The molecule has 0 aliphatic rings. The highest BCUT2D eigenvalue weighted by atomic mass is 14.3. The Kier molecular flexibility index (Phi) is 4.04. The molecule has 106 valence electrons. The van der Waals surface area contributed by atoms with Gasteiger partial charge < -0.3 is 0 Å². The van der Waals surface area contributed by atoms with Gasteiger partial charge in [-0.1, -0.05) is 50.2 Å². The van der Waals surface area contributed by atoms with E-state index in [0.29, 0.717) is 0 Å². The van der Waals surface area contributed by atoms with Gasteiger partial charge in [0.1, 0.15) is 0 Å². The topological polar surface area (TPSA) is 0 Å². The van der Waals surface area contributed by atoms with Crippen molar-refractivity contribution in [2.24, 2.45) is 0 Å². The van der Waals surface area contributed by atoms with Gasteiger partial charge >= 0.3 is 0 Å². The van der Waals surface area contributed by atoms with Gasteiger partial charge in [-0.05, 0) is 67.5 Å². The summed E-state index contributed by atoms with van der Waals surface area (Å²) in [4.78, 5) is 0. The molecule has 0 spiro atoms. The van der Waals surface area contributed by atoms with Crippen molar-refractivity contribution in [1.82, 2.24) is 0 Å². The summed E-state index contributed by atoms with van der Waals surface area (Å²) >= 11 is 0. The summed E-state index contributed by atoms with van der Waals surface area (Å²) in [5, 5.41) is 0. The molecule has 0 heteroatoms. The van der Waals surface area contributed by atoms with Crippen molar-refractivity contribution in [2.75, 3.05) is 0 Å². The molecule has 0 heterocycles. The first-order chi connectivity index (χ1) is 9.38. The molecule has 0 amide bonds. The van der Waals surface area contributed by atoms with Crippen LogP contribution in [0, 0.1) is 27.7 Å². The van der Waals surface area contributed by atoms with Crippen LogP contribution in [0.5, 0.6) is 0 Å². The molecule has 2 aromatic carbocycles. The third kappa shape index (κ3) is 2.52. The second-order valence-electron chi connectivity index (χ2n) is 6.28. The normalized spacial score (nSPS) is 11.7. The minimum Gasteiger partial charge on any atom is -0.0642 e. The van der Waals surface area contributed by atoms with E-state index in [4.69, 9.17) is 0 Å². The molecule has 0 radical (unpaired) electrons. The summed E-state index contributed by atoms with van der Waals surface area (Å²) in [5.74, 6) is 0. The van der Waals surface area contributed by atoms with Gasteiger partial charge in [0.05, 0.1) is 0 Å². The maximum absolute atomic E-state index is 2.36. The van der Waals surface area contributed by atoms with Crippen molar-refractivity contribution >= 4 is 0 Å². The maximum Gasteiger partial charge on any atom is 0.0172 e. The lowest BCUT2D eigenvalue weighted by Crippen LogP contribution is -2.23. The zero-order valence-corrected chi connectivity index (χ0v) is 13.7. The van der Waals surface area contributed by atoms with Gasteiger partial charge in [-0.3, -0.25) is 0 Å². The number of hydrogen-bond acceptors (Lipinski definition) is 0. The summed E-state index contributed by atoms with van der Waals surface area (Å²) in [6.45, 7) is 13.4. The summed E-state index contributed by atoms with van der Waals surface area (Å²) in [5.41, 5.74) is 8.44. The zero-order valence-electron chi connectivity index (χ0n) is 13.7. The van der Waals surface area contributed by atoms with E-state index in [1.54, 1.807) is 0 Å². The minimum absolute atomic E-state index is 0.0942. The average Bonchev–Trinajstić information content (AvgIpc) is 2.44. The van der Waals surface area contributed by atoms with Crippen LogP contribution in [0.15, 0.2) is 36.4 Å². The van der Waals surface area contributed by atoms with Gasteiger partial charge in [0.25, 0.3) is 0 Å². The van der Waals surface area contributed by atoms with E-state index in [9.17, 15) is 0 Å². The fourth-order valence-electron chi connectivity index (χ4n) is 2.74. The largest absolute Gasteiger partial charge is 0.0642 e. The number of rotatable bonds is 3. The van der Waals surface area contributed by atoms with Crippen molar-refractivity contribution in [1.29, 1.82) is 0 Å². The smallest absolute Gasteiger partial charge is 0.0172 e. The van der Waals surface area contributed by atoms with E-state index >= 15 is 0 Å². The van der Waals surface area contributed by atoms with Crippen LogP contribution in [-0.2, 0) is 5.41 Å². The molecule has 0 bridgehead atoms. The van der Waals surface area contributed by atoms with E-state index in [1.165, 1.54) is 33.4 Å². The first-order valence-electron chi connectivity index (χ1n) is 7.54. The van der Waals surface area contributed by atoms with E-state index in [-0.39, 0.29) is 5.41 Å². The number of benzene rings is 2. The van der Waals surface area contributed by atoms with Crippen molar-refractivity contribution < 1.29 is 0 Å². The molecule has 0 N–H and O–H groups in total. The van der Waals surface area contributed by atoms with Gasteiger partial charge in [0.2, 0.25) is 0 Å². The van der Waals surface area contributed by atoms with Gasteiger partial charge in [-0.15, -0.1) is 0 Å². The second-order valence-corrected chi connectivity index (χ2v) is 6.28. The van der Waals surface area contributed by atoms with Gasteiger partial charge in [0, 0.05) is 5.41 Å². The summed E-state index contributed by atoms with van der Waals surface area (Å²) in [6.07, 6.45) is 1.11. The molecule has 0 unspecified atom stereocenters. The number of aryl methyl sites for hydroxylation is 4. The Bertz CT molecular complexity index is 568. The van der Waals surface area contributed by atoms with E-state index in [2.05, 4.69) is 77.9 Å². The second kappa shape index (κ2) is 5.44. The molecule has 0 aliphatic heterocycles. The highest BCUT2D eigenvalue weighted by Crippen LogP contribution is 2.36. The molecular weight excluding hydrogens is 240 g/mol. The van der Waals surface area contributed by atoms with E-state index in [1.807, 2.05) is 0 Å². The van der Waals surface area contributed by atoms with Crippen molar-refractivity contribution in [3.8, 4) is 0 Å². The standard InChI is InChI=1S/C20H26/c1-7-20(6,18-10-8-14(2)16(4)12-18)19-11-9-15(3)17(5)13-19/h8-13H,7H2,1-6H3. The SMILES string of the molecule is CCC(C)(c1ccc(C)c(C)c1)c1ccc(C)c(C)c1. The minimum atomic E-state index is 0.0942. The third-order valence-corrected chi connectivity index (χ3v) is 5.00. The average molecular weight is 266 g/mol. The van der Waals surface area contributed by atoms with Crippen molar-refractivity contribution in [3.63, 3.8) is 0 Å². The maximum atomic E-state index is 2.36. The summed E-state index contributed by atoms with van der Waals surface area (Å²) in [6, 6.07) is 13.8. The zero-order chi connectivity index (χ0) is 14.9. The van der Waals surface area contributed by atoms with Crippen LogP contribution >= 0.6 is 0 Å². The van der Waals surface area contributed by atoms with Crippen LogP contribution in [0.4, 0.5) is 0 Å². The monoisotopic (exact) mass is 266 g/mol. The Morgan fingerprint density at radius 1 is 0.700 bits per heavy atom.